The number of anilines is 6. The lowest BCUT2D eigenvalue weighted by atomic mass is 9.97. The maximum Gasteiger partial charge on any atom is 0.0567 e. The molecule has 11 rings (SSSR count). The number of fused-ring (bicyclic) bond motifs is 9. The quantitative estimate of drug-likeness (QED) is 0.158. The SMILES string of the molecule is c1ccc(N(c2cc(N(c3ccccc3)c3ccc4sc5ccccc5c4c3)c3c(ccc4ccccc43)c2)c2ccc3sc4ccccc4c3c2)cc1. The zero-order valence-corrected chi connectivity index (χ0v) is 30.8. The molecule has 0 fully saturated rings. The minimum atomic E-state index is 1.10. The van der Waals surface area contributed by atoms with Gasteiger partial charge in [0.25, 0.3) is 0 Å². The molecule has 254 valence electrons. The number of para-hydroxylation sites is 2. The number of hydrogen-bond acceptors (Lipinski definition) is 4. The van der Waals surface area contributed by atoms with Crippen molar-refractivity contribution in [3.63, 3.8) is 0 Å². The van der Waals surface area contributed by atoms with Crippen LogP contribution in [0.3, 0.4) is 0 Å². The Hall–Kier alpha value is -6.46. The fourth-order valence-electron chi connectivity index (χ4n) is 8.15. The standard InChI is InChI=1S/C50H32N2S2/c1-3-14-35(15-4-1)51(37-25-27-48-43(30-37)41-19-9-11-21-46(41)53-48)39-29-34-24-23-33-13-7-8-18-40(33)50(34)45(32-39)52(36-16-5-2-6-17-36)38-26-28-49-44(31-38)42-20-10-12-22-47(42)54-49/h1-32H. The second-order valence-electron chi connectivity index (χ2n) is 13.7. The van der Waals surface area contributed by atoms with Gasteiger partial charge in [-0.05, 0) is 101 Å². The number of thiophene rings is 2. The van der Waals surface area contributed by atoms with E-state index in [1.165, 1.54) is 61.9 Å². The summed E-state index contributed by atoms with van der Waals surface area (Å²) in [5.74, 6) is 0. The van der Waals surface area contributed by atoms with E-state index >= 15 is 0 Å². The number of nitrogens with zero attached hydrogens (tertiary/aromatic N) is 2. The van der Waals surface area contributed by atoms with Crippen LogP contribution in [0, 0.1) is 0 Å². The number of benzene rings is 9. The number of hydrogen-bond donors (Lipinski definition) is 0. The van der Waals surface area contributed by atoms with Gasteiger partial charge in [0.15, 0.2) is 0 Å². The van der Waals surface area contributed by atoms with Gasteiger partial charge in [0.2, 0.25) is 0 Å². The summed E-state index contributed by atoms with van der Waals surface area (Å²) >= 11 is 3.71. The lowest BCUT2D eigenvalue weighted by molar-refractivity contribution is 1.27. The van der Waals surface area contributed by atoms with Crippen molar-refractivity contribution in [3.05, 3.63) is 194 Å². The molecule has 0 amide bonds. The van der Waals surface area contributed by atoms with Gasteiger partial charge in [-0.25, -0.2) is 0 Å². The average Bonchev–Trinajstić information content (AvgIpc) is 3.80. The van der Waals surface area contributed by atoms with Gasteiger partial charge >= 0.3 is 0 Å². The third-order valence-electron chi connectivity index (χ3n) is 10.6. The van der Waals surface area contributed by atoms with Gasteiger partial charge in [-0.1, -0.05) is 109 Å². The molecule has 54 heavy (non-hydrogen) atoms. The van der Waals surface area contributed by atoms with Crippen molar-refractivity contribution in [2.24, 2.45) is 0 Å². The van der Waals surface area contributed by atoms with E-state index in [9.17, 15) is 0 Å². The van der Waals surface area contributed by atoms with Crippen molar-refractivity contribution in [1.82, 2.24) is 0 Å². The zero-order valence-electron chi connectivity index (χ0n) is 29.2. The van der Waals surface area contributed by atoms with Crippen LogP contribution in [0.2, 0.25) is 0 Å². The maximum atomic E-state index is 2.46. The Kier molecular flexibility index (Phi) is 7.25. The van der Waals surface area contributed by atoms with Crippen molar-refractivity contribution >= 4 is 119 Å². The molecule has 2 nitrogen and oxygen atoms in total. The van der Waals surface area contributed by atoms with E-state index in [1.807, 2.05) is 22.7 Å². The summed E-state index contributed by atoms with van der Waals surface area (Å²) in [5, 5.41) is 10.0. The van der Waals surface area contributed by atoms with Gasteiger partial charge in [-0.3, -0.25) is 0 Å². The predicted molar refractivity (Wildman–Crippen MR) is 237 cm³/mol. The lowest BCUT2D eigenvalue weighted by Gasteiger charge is -2.31. The number of rotatable bonds is 6. The summed E-state index contributed by atoms with van der Waals surface area (Å²) in [6.45, 7) is 0. The van der Waals surface area contributed by atoms with Gasteiger partial charge in [-0.15, -0.1) is 22.7 Å². The van der Waals surface area contributed by atoms with Crippen LogP contribution in [0.4, 0.5) is 34.1 Å². The highest BCUT2D eigenvalue weighted by atomic mass is 32.1. The highest BCUT2D eigenvalue weighted by molar-refractivity contribution is 7.26. The van der Waals surface area contributed by atoms with Crippen molar-refractivity contribution in [2.45, 2.75) is 0 Å². The second kappa shape index (κ2) is 12.6. The van der Waals surface area contributed by atoms with E-state index in [0.717, 1.165) is 34.1 Å². The largest absolute Gasteiger partial charge is 0.310 e. The maximum absolute atomic E-state index is 2.46. The van der Waals surface area contributed by atoms with Crippen LogP contribution >= 0.6 is 22.7 Å². The zero-order chi connectivity index (χ0) is 35.6. The minimum Gasteiger partial charge on any atom is -0.310 e. The summed E-state index contributed by atoms with van der Waals surface area (Å²) in [6, 6.07) is 71.1. The molecule has 2 aromatic heterocycles. The minimum absolute atomic E-state index is 1.10. The first-order valence-corrected chi connectivity index (χ1v) is 19.9. The van der Waals surface area contributed by atoms with E-state index in [-0.39, 0.29) is 0 Å². The molecular weight excluding hydrogens is 693 g/mol. The first kappa shape index (κ1) is 31.1. The van der Waals surface area contributed by atoms with Crippen LogP contribution in [0.15, 0.2) is 194 Å². The van der Waals surface area contributed by atoms with E-state index < -0.39 is 0 Å². The Bertz CT molecular complexity index is 3180. The fraction of sp³-hybridized carbons (Fsp3) is 0. The molecule has 0 radical (unpaired) electrons. The van der Waals surface area contributed by atoms with Crippen molar-refractivity contribution in [3.8, 4) is 0 Å². The molecule has 0 N–H and O–H groups in total. The molecule has 0 aliphatic heterocycles. The average molecular weight is 725 g/mol. The molecule has 9 aromatic carbocycles. The molecule has 0 spiro atoms. The van der Waals surface area contributed by atoms with Gasteiger partial charge < -0.3 is 9.80 Å². The molecule has 0 atom stereocenters. The van der Waals surface area contributed by atoms with E-state index in [4.69, 9.17) is 0 Å². The van der Waals surface area contributed by atoms with Gasteiger partial charge in [0.05, 0.1) is 5.69 Å². The molecule has 4 heteroatoms. The van der Waals surface area contributed by atoms with Crippen LogP contribution in [0.5, 0.6) is 0 Å². The Labute approximate surface area is 321 Å². The molecule has 0 saturated heterocycles. The monoisotopic (exact) mass is 724 g/mol. The van der Waals surface area contributed by atoms with Crippen LogP contribution < -0.4 is 9.80 Å². The molecule has 11 aromatic rings. The van der Waals surface area contributed by atoms with Crippen molar-refractivity contribution < 1.29 is 0 Å². The topological polar surface area (TPSA) is 6.48 Å². The summed E-state index contributed by atoms with van der Waals surface area (Å²) in [4.78, 5) is 4.88. The van der Waals surface area contributed by atoms with Crippen molar-refractivity contribution in [2.75, 3.05) is 9.80 Å². The summed E-state index contributed by atoms with van der Waals surface area (Å²) in [5.41, 5.74) is 6.70. The Balaban J connectivity index is 1.22. The molecular formula is C50H32N2S2. The van der Waals surface area contributed by atoms with E-state index in [0.29, 0.717) is 0 Å². The van der Waals surface area contributed by atoms with Gasteiger partial charge in [-0.2, -0.15) is 0 Å². The van der Waals surface area contributed by atoms with Gasteiger partial charge in [0.1, 0.15) is 0 Å². The normalized spacial score (nSPS) is 11.7. The Morgan fingerprint density at radius 2 is 0.759 bits per heavy atom. The van der Waals surface area contributed by atoms with Crippen LogP contribution in [0.1, 0.15) is 0 Å². The fourth-order valence-corrected chi connectivity index (χ4v) is 10.3. The Morgan fingerprint density at radius 3 is 1.39 bits per heavy atom. The van der Waals surface area contributed by atoms with E-state index in [2.05, 4.69) is 204 Å². The predicted octanol–water partition coefficient (Wildman–Crippen LogP) is 15.7. The first-order chi connectivity index (χ1) is 26.8. The lowest BCUT2D eigenvalue weighted by Crippen LogP contribution is -2.14. The third kappa shape index (κ3) is 5.07. The smallest absolute Gasteiger partial charge is 0.0567 e. The molecule has 0 aliphatic carbocycles. The summed E-state index contributed by atoms with van der Waals surface area (Å²) in [6.07, 6.45) is 0. The molecule has 0 bridgehead atoms. The highest BCUT2D eigenvalue weighted by Crippen LogP contribution is 2.48. The van der Waals surface area contributed by atoms with E-state index in [1.54, 1.807) is 0 Å². The summed E-state index contributed by atoms with van der Waals surface area (Å²) in [7, 11) is 0. The molecule has 2 heterocycles. The molecule has 0 unspecified atom stereocenters. The summed E-state index contributed by atoms with van der Waals surface area (Å²) < 4.78 is 5.21. The van der Waals surface area contributed by atoms with Crippen LogP contribution in [-0.4, -0.2) is 0 Å². The van der Waals surface area contributed by atoms with Crippen molar-refractivity contribution in [1.29, 1.82) is 0 Å². The first-order valence-electron chi connectivity index (χ1n) is 18.3. The molecule has 0 saturated carbocycles. The molecule has 0 aliphatic rings. The van der Waals surface area contributed by atoms with Crippen LogP contribution in [-0.2, 0) is 0 Å². The highest BCUT2D eigenvalue weighted by Gasteiger charge is 2.23. The Morgan fingerprint density at radius 1 is 0.278 bits per heavy atom. The second-order valence-corrected chi connectivity index (χ2v) is 15.9. The van der Waals surface area contributed by atoms with Crippen LogP contribution in [0.25, 0.3) is 61.9 Å². The third-order valence-corrected chi connectivity index (χ3v) is 12.9. The van der Waals surface area contributed by atoms with Gasteiger partial charge in [0, 0.05) is 74.2 Å².